The second kappa shape index (κ2) is 9.79. The van der Waals surface area contributed by atoms with Crippen LogP contribution < -0.4 is 0 Å². The van der Waals surface area contributed by atoms with E-state index < -0.39 is 23.6 Å². The number of halogens is 1. The number of carbonyl (C=O) groups excluding carboxylic acids is 1. The fourth-order valence-corrected chi connectivity index (χ4v) is 2.86. The Hall–Kier alpha value is -1.40. The molecule has 0 saturated carbocycles. The molecule has 24 heavy (non-hydrogen) atoms. The summed E-state index contributed by atoms with van der Waals surface area (Å²) >= 11 is 3.33. The molecule has 1 atom stereocenters. The Labute approximate surface area is 152 Å². The maximum absolute atomic E-state index is 12.1. The molecular formula is C18H26BrNO4. The summed E-state index contributed by atoms with van der Waals surface area (Å²) in [5.41, 5.74) is 0.500. The van der Waals surface area contributed by atoms with Gasteiger partial charge in [-0.1, -0.05) is 46.3 Å². The lowest BCUT2D eigenvalue weighted by molar-refractivity contribution is -0.158. The fraction of sp³-hybridized carbons (Fsp3) is 0.556. The van der Waals surface area contributed by atoms with Crippen molar-refractivity contribution in [1.29, 1.82) is 0 Å². The number of ether oxygens (including phenoxy) is 1. The van der Waals surface area contributed by atoms with Gasteiger partial charge in [0.2, 0.25) is 0 Å². The minimum Gasteiger partial charge on any atom is -0.480 e. The van der Waals surface area contributed by atoms with Gasteiger partial charge in [-0.2, -0.15) is 0 Å². The average molecular weight is 400 g/mol. The summed E-state index contributed by atoms with van der Waals surface area (Å²) in [6.45, 7) is 5.82. The molecule has 0 bridgehead atoms. The summed E-state index contributed by atoms with van der Waals surface area (Å²) in [6, 6.07) is 9.01. The molecule has 0 fully saturated rings. The van der Waals surface area contributed by atoms with Crippen LogP contribution in [0.15, 0.2) is 30.3 Å². The van der Waals surface area contributed by atoms with Gasteiger partial charge >= 0.3 is 11.9 Å². The first-order valence-electron chi connectivity index (χ1n) is 8.01. The second-order valence-corrected chi connectivity index (χ2v) is 7.42. The Morgan fingerprint density at radius 2 is 1.88 bits per heavy atom. The predicted octanol–water partition coefficient (Wildman–Crippen LogP) is 3.11. The van der Waals surface area contributed by atoms with Crippen LogP contribution in [0.4, 0.5) is 0 Å². The first-order chi connectivity index (χ1) is 11.2. The molecule has 1 N–H and O–H groups in total. The number of nitrogens with zero attached hydrogens (tertiary/aromatic N) is 1. The van der Waals surface area contributed by atoms with Gasteiger partial charge in [0.05, 0.1) is 6.54 Å². The van der Waals surface area contributed by atoms with Crippen LogP contribution in [0.1, 0.15) is 32.8 Å². The SMILES string of the molecule is CC(C)(C)OC(=O)CN(CCBr)[C@@H](CCc1ccccc1)C(=O)O. The van der Waals surface area contributed by atoms with Crippen LogP contribution in [-0.4, -0.2) is 52.0 Å². The Morgan fingerprint density at radius 3 is 2.38 bits per heavy atom. The van der Waals surface area contributed by atoms with Gasteiger partial charge < -0.3 is 9.84 Å². The summed E-state index contributed by atoms with van der Waals surface area (Å²) < 4.78 is 5.32. The van der Waals surface area contributed by atoms with Gasteiger partial charge in [-0.15, -0.1) is 0 Å². The summed E-state index contributed by atoms with van der Waals surface area (Å²) in [5.74, 6) is -1.33. The predicted molar refractivity (Wildman–Crippen MR) is 97.4 cm³/mol. The molecular weight excluding hydrogens is 374 g/mol. The molecule has 1 aromatic carbocycles. The molecule has 0 spiro atoms. The van der Waals surface area contributed by atoms with Crippen LogP contribution in [0.5, 0.6) is 0 Å². The minimum absolute atomic E-state index is 0.0331. The highest BCUT2D eigenvalue weighted by Crippen LogP contribution is 2.13. The van der Waals surface area contributed by atoms with E-state index in [1.165, 1.54) is 0 Å². The third kappa shape index (κ3) is 7.93. The van der Waals surface area contributed by atoms with Crippen molar-refractivity contribution in [2.75, 3.05) is 18.4 Å². The van der Waals surface area contributed by atoms with Gasteiger partial charge in [0.25, 0.3) is 0 Å². The first-order valence-corrected chi connectivity index (χ1v) is 9.13. The Morgan fingerprint density at radius 1 is 1.25 bits per heavy atom. The van der Waals surface area contributed by atoms with Crippen LogP contribution in [0.2, 0.25) is 0 Å². The standard InChI is InChI=1S/C18H26BrNO4/c1-18(2,3)24-16(21)13-20(12-11-19)15(17(22)23)10-9-14-7-5-4-6-8-14/h4-8,15H,9-13H2,1-3H3,(H,22,23)/t15-/m0/s1. The third-order valence-electron chi connectivity index (χ3n) is 3.40. The van der Waals surface area contributed by atoms with E-state index in [2.05, 4.69) is 15.9 Å². The number of carboxylic acid groups (broad SMARTS) is 1. The third-order valence-corrected chi connectivity index (χ3v) is 3.75. The minimum atomic E-state index is -0.921. The van der Waals surface area contributed by atoms with E-state index in [4.69, 9.17) is 4.74 Å². The molecule has 0 aliphatic heterocycles. The molecule has 0 heterocycles. The van der Waals surface area contributed by atoms with Crippen LogP contribution >= 0.6 is 15.9 Å². The number of benzene rings is 1. The van der Waals surface area contributed by atoms with Crippen LogP contribution in [-0.2, 0) is 20.7 Å². The molecule has 0 aliphatic carbocycles. The van der Waals surface area contributed by atoms with Crippen molar-refractivity contribution in [3.05, 3.63) is 35.9 Å². The maximum atomic E-state index is 12.1. The van der Waals surface area contributed by atoms with E-state index in [0.717, 1.165) is 5.56 Å². The largest absolute Gasteiger partial charge is 0.480 e. The first kappa shape index (κ1) is 20.6. The highest BCUT2D eigenvalue weighted by molar-refractivity contribution is 9.09. The van der Waals surface area contributed by atoms with Crippen LogP contribution in [0.25, 0.3) is 0 Å². The lowest BCUT2D eigenvalue weighted by Gasteiger charge is -2.29. The van der Waals surface area contributed by atoms with E-state index >= 15 is 0 Å². The van der Waals surface area contributed by atoms with Crippen molar-refractivity contribution in [1.82, 2.24) is 4.90 Å². The molecule has 5 nitrogen and oxygen atoms in total. The quantitative estimate of drug-likeness (QED) is 0.510. The number of esters is 1. The van der Waals surface area contributed by atoms with Gasteiger partial charge in [-0.25, -0.2) is 0 Å². The van der Waals surface area contributed by atoms with E-state index in [1.54, 1.807) is 25.7 Å². The molecule has 0 unspecified atom stereocenters. The van der Waals surface area contributed by atoms with Crippen molar-refractivity contribution < 1.29 is 19.4 Å². The number of aryl methyl sites for hydroxylation is 1. The number of hydrogen-bond donors (Lipinski definition) is 1. The molecule has 6 heteroatoms. The Bertz CT molecular complexity index is 528. The highest BCUT2D eigenvalue weighted by Gasteiger charge is 2.28. The topological polar surface area (TPSA) is 66.8 Å². The number of aliphatic carboxylic acids is 1. The second-order valence-electron chi connectivity index (χ2n) is 6.62. The molecule has 1 rings (SSSR count). The van der Waals surface area contributed by atoms with Gasteiger partial charge in [0.1, 0.15) is 11.6 Å². The van der Waals surface area contributed by atoms with E-state index in [9.17, 15) is 14.7 Å². The van der Waals surface area contributed by atoms with Crippen molar-refractivity contribution in [3.8, 4) is 0 Å². The van der Waals surface area contributed by atoms with E-state index in [-0.39, 0.29) is 6.54 Å². The number of alkyl halides is 1. The molecule has 0 saturated heterocycles. The van der Waals surface area contributed by atoms with Crippen LogP contribution in [0.3, 0.4) is 0 Å². The van der Waals surface area contributed by atoms with Crippen molar-refractivity contribution in [2.24, 2.45) is 0 Å². The summed E-state index contributed by atoms with van der Waals surface area (Å²) in [7, 11) is 0. The molecule has 0 amide bonds. The lowest BCUT2D eigenvalue weighted by Crippen LogP contribution is -2.46. The summed E-state index contributed by atoms with van der Waals surface area (Å²) in [6.07, 6.45) is 1.08. The van der Waals surface area contributed by atoms with Crippen LogP contribution in [0, 0.1) is 0 Å². The van der Waals surface area contributed by atoms with Crippen molar-refractivity contribution in [3.63, 3.8) is 0 Å². The Balaban J connectivity index is 2.75. The van der Waals surface area contributed by atoms with E-state index in [1.807, 2.05) is 30.3 Å². The van der Waals surface area contributed by atoms with Gasteiger partial charge in [0.15, 0.2) is 0 Å². The summed E-state index contributed by atoms with van der Waals surface area (Å²) in [5, 5.41) is 10.2. The smallest absolute Gasteiger partial charge is 0.320 e. The summed E-state index contributed by atoms with van der Waals surface area (Å²) in [4.78, 5) is 25.4. The number of carboxylic acids is 1. The number of rotatable bonds is 9. The fourth-order valence-electron chi connectivity index (χ4n) is 2.40. The monoisotopic (exact) mass is 399 g/mol. The zero-order valence-corrected chi connectivity index (χ0v) is 16.1. The molecule has 0 radical (unpaired) electrons. The molecule has 1 aromatic rings. The molecule has 134 valence electrons. The lowest BCUT2D eigenvalue weighted by atomic mass is 10.0. The van der Waals surface area contributed by atoms with Crippen molar-refractivity contribution >= 4 is 27.9 Å². The number of carbonyl (C=O) groups is 2. The zero-order valence-electron chi connectivity index (χ0n) is 14.5. The van der Waals surface area contributed by atoms with Gasteiger partial charge in [-0.05, 0) is 39.2 Å². The molecule has 0 aliphatic rings. The normalized spacial score (nSPS) is 12.9. The van der Waals surface area contributed by atoms with E-state index in [0.29, 0.717) is 24.7 Å². The average Bonchev–Trinajstić information content (AvgIpc) is 2.46. The maximum Gasteiger partial charge on any atom is 0.320 e. The molecule has 0 aromatic heterocycles. The van der Waals surface area contributed by atoms with Gasteiger partial charge in [-0.3, -0.25) is 14.5 Å². The zero-order chi connectivity index (χ0) is 18.2. The van der Waals surface area contributed by atoms with Crippen molar-refractivity contribution in [2.45, 2.75) is 45.3 Å². The highest BCUT2D eigenvalue weighted by atomic mass is 79.9. The Kier molecular flexibility index (Phi) is 8.42. The number of hydrogen-bond acceptors (Lipinski definition) is 4. The van der Waals surface area contributed by atoms with Gasteiger partial charge in [0, 0.05) is 11.9 Å².